The lowest BCUT2D eigenvalue weighted by Gasteiger charge is -2.32. The number of halogens is 2. The summed E-state index contributed by atoms with van der Waals surface area (Å²) in [6.45, 7) is 10.5. The van der Waals surface area contributed by atoms with Crippen LogP contribution < -0.4 is 10.1 Å². The van der Waals surface area contributed by atoms with Gasteiger partial charge in [0.05, 0.1) is 11.6 Å². The Hall–Kier alpha value is -0.480. The van der Waals surface area contributed by atoms with Crippen LogP contribution in [0.4, 0.5) is 0 Å². The zero-order chi connectivity index (χ0) is 15.4. The number of fused-ring (bicyclic) bond motifs is 1. The minimum atomic E-state index is 0.246. The highest BCUT2D eigenvalue weighted by Crippen LogP contribution is 2.40. The van der Waals surface area contributed by atoms with Gasteiger partial charge >= 0.3 is 0 Å². The molecule has 1 heterocycles. The number of nitrogens with zero attached hydrogens (tertiary/aromatic N) is 1. The topological polar surface area (TPSA) is 24.5 Å². The predicted molar refractivity (Wildman–Crippen MR) is 89.7 cm³/mol. The third kappa shape index (κ3) is 4.26. The molecular weight excluding hydrogens is 307 g/mol. The van der Waals surface area contributed by atoms with Crippen molar-refractivity contribution in [3.63, 3.8) is 0 Å². The van der Waals surface area contributed by atoms with Gasteiger partial charge in [-0.25, -0.2) is 0 Å². The van der Waals surface area contributed by atoms with Crippen molar-refractivity contribution in [2.24, 2.45) is 0 Å². The lowest BCUT2D eigenvalue weighted by atomic mass is 9.99. The van der Waals surface area contributed by atoms with Gasteiger partial charge in [0.2, 0.25) is 0 Å². The predicted octanol–water partition coefficient (Wildman–Crippen LogP) is 4.14. The van der Waals surface area contributed by atoms with Crippen LogP contribution in [0, 0.1) is 0 Å². The van der Waals surface area contributed by atoms with Crippen LogP contribution in [0.5, 0.6) is 5.75 Å². The van der Waals surface area contributed by atoms with Gasteiger partial charge in [-0.3, -0.25) is 0 Å². The van der Waals surface area contributed by atoms with E-state index in [1.165, 1.54) is 0 Å². The Bertz CT molecular complexity index is 478. The van der Waals surface area contributed by atoms with E-state index in [0.29, 0.717) is 22.7 Å². The monoisotopic (exact) mass is 330 g/mol. The molecule has 118 valence electrons. The minimum absolute atomic E-state index is 0.246. The molecule has 0 bridgehead atoms. The standard InChI is InChI=1S/C16H24Cl2N2O/c1-4-20(5-2)10-11(3)19-15-6-7-21-16-13(15)8-12(17)9-14(16)18/h8-9,11,15,19H,4-7,10H2,1-3H3. The first-order valence-electron chi connectivity index (χ1n) is 7.65. The Morgan fingerprint density at radius 1 is 1.33 bits per heavy atom. The van der Waals surface area contributed by atoms with Crippen molar-refractivity contribution in [2.45, 2.75) is 39.3 Å². The lowest BCUT2D eigenvalue weighted by molar-refractivity contribution is 0.223. The number of likely N-dealkylation sites (N-methyl/N-ethyl adjacent to an activating group) is 1. The first kappa shape index (κ1) is 16.9. The summed E-state index contributed by atoms with van der Waals surface area (Å²) in [7, 11) is 0. The molecular formula is C16H24Cl2N2O. The van der Waals surface area contributed by atoms with Crippen LogP contribution in [0.25, 0.3) is 0 Å². The van der Waals surface area contributed by atoms with E-state index in [0.717, 1.165) is 37.4 Å². The van der Waals surface area contributed by atoms with Gasteiger partial charge < -0.3 is 15.0 Å². The van der Waals surface area contributed by atoms with Crippen molar-refractivity contribution in [1.82, 2.24) is 10.2 Å². The Morgan fingerprint density at radius 3 is 2.71 bits per heavy atom. The Kier molecular flexibility index (Phi) is 6.18. The first-order valence-corrected chi connectivity index (χ1v) is 8.40. The van der Waals surface area contributed by atoms with E-state index in [-0.39, 0.29) is 6.04 Å². The van der Waals surface area contributed by atoms with Gasteiger partial charge in [0.15, 0.2) is 0 Å². The van der Waals surface area contributed by atoms with Gasteiger partial charge in [-0.05, 0) is 32.1 Å². The second-order valence-electron chi connectivity index (χ2n) is 5.55. The second kappa shape index (κ2) is 7.68. The average Bonchev–Trinajstić information content (AvgIpc) is 2.45. The summed E-state index contributed by atoms with van der Waals surface area (Å²) in [5.74, 6) is 0.778. The summed E-state index contributed by atoms with van der Waals surface area (Å²) in [6, 6.07) is 4.35. The van der Waals surface area contributed by atoms with E-state index < -0.39 is 0 Å². The molecule has 0 fully saturated rings. The Balaban J connectivity index is 2.09. The molecule has 0 amide bonds. The van der Waals surface area contributed by atoms with Gasteiger partial charge in [-0.2, -0.15) is 0 Å². The second-order valence-corrected chi connectivity index (χ2v) is 6.39. The fourth-order valence-corrected chi connectivity index (χ4v) is 3.43. The molecule has 1 aliphatic rings. The zero-order valence-corrected chi connectivity index (χ0v) is 14.5. The molecule has 1 N–H and O–H groups in total. The molecule has 3 nitrogen and oxygen atoms in total. The quantitative estimate of drug-likeness (QED) is 0.848. The van der Waals surface area contributed by atoms with Gasteiger partial charge in [0.1, 0.15) is 5.75 Å². The van der Waals surface area contributed by atoms with Crippen LogP contribution in [0.15, 0.2) is 12.1 Å². The maximum Gasteiger partial charge on any atom is 0.142 e. The molecule has 2 atom stereocenters. The minimum Gasteiger partial charge on any atom is -0.492 e. The summed E-state index contributed by atoms with van der Waals surface area (Å²) in [6.07, 6.45) is 0.937. The highest BCUT2D eigenvalue weighted by atomic mass is 35.5. The molecule has 0 spiro atoms. The van der Waals surface area contributed by atoms with Crippen LogP contribution in [0.1, 0.15) is 38.8 Å². The third-order valence-electron chi connectivity index (χ3n) is 3.98. The molecule has 2 unspecified atom stereocenters. The highest BCUT2D eigenvalue weighted by Gasteiger charge is 2.25. The zero-order valence-electron chi connectivity index (χ0n) is 13.0. The molecule has 0 radical (unpaired) electrons. The van der Waals surface area contributed by atoms with Crippen LogP contribution >= 0.6 is 23.2 Å². The van der Waals surface area contributed by atoms with Crippen LogP contribution in [0.2, 0.25) is 10.0 Å². The fourth-order valence-electron chi connectivity index (χ4n) is 2.86. The van der Waals surface area contributed by atoms with E-state index >= 15 is 0 Å². The van der Waals surface area contributed by atoms with E-state index in [9.17, 15) is 0 Å². The smallest absolute Gasteiger partial charge is 0.142 e. The molecule has 1 aromatic rings. The van der Waals surface area contributed by atoms with E-state index in [1.807, 2.05) is 6.07 Å². The molecule has 21 heavy (non-hydrogen) atoms. The fraction of sp³-hybridized carbons (Fsp3) is 0.625. The molecule has 0 aromatic heterocycles. The number of benzene rings is 1. The maximum absolute atomic E-state index is 6.23. The Labute approximate surface area is 137 Å². The lowest BCUT2D eigenvalue weighted by Crippen LogP contribution is -2.41. The Morgan fingerprint density at radius 2 is 2.05 bits per heavy atom. The summed E-state index contributed by atoms with van der Waals surface area (Å²) < 4.78 is 5.70. The average molecular weight is 331 g/mol. The molecule has 0 saturated carbocycles. The van der Waals surface area contributed by atoms with Crippen molar-refractivity contribution < 1.29 is 4.74 Å². The van der Waals surface area contributed by atoms with Crippen LogP contribution in [0.3, 0.4) is 0 Å². The van der Waals surface area contributed by atoms with Crippen molar-refractivity contribution in [3.05, 3.63) is 27.7 Å². The summed E-state index contributed by atoms with van der Waals surface area (Å²) in [5, 5.41) is 4.95. The molecule has 1 aromatic carbocycles. The molecule has 0 aliphatic carbocycles. The van der Waals surface area contributed by atoms with Crippen LogP contribution in [-0.2, 0) is 0 Å². The molecule has 2 rings (SSSR count). The van der Waals surface area contributed by atoms with Gasteiger partial charge in [0.25, 0.3) is 0 Å². The molecule has 0 saturated heterocycles. The van der Waals surface area contributed by atoms with E-state index in [4.69, 9.17) is 27.9 Å². The van der Waals surface area contributed by atoms with E-state index in [1.54, 1.807) is 6.07 Å². The number of nitrogens with one attached hydrogen (secondary N) is 1. The highest BCUT2D eigenvalue weighted by molar-refractivity contribution is 6.35. The normalized spacial score (nSPS) is 19.2. The summed E-state index contributed by atoms with van der Waals surface area (Å²) in [5.41, 5.74) is 1.07. The summed E-state index contributed by atoms with van der Waals surface area (Å²) in [4.78, 5) is 2.42. The van der Waals surface area contributed by atoms with Crippen molar-refractivity contribution in [3.8, 4) is 5.75 Å². The largest absolute Gasteiger partial charge is 0.492 e. The van der Waals surface area contributed by atoms with Crippen molar-refractivity contribution in [2.75, 3.05) is 26.2 Å². The number of rotatable bonds is 6. The SMILES string of the molecule is CCN(CC)CC(C)NC1CCOc2c(Cl)cc(Cl)cc21. The number of hydrogen-bond donors (Lipinski definition) is 1. The number of hydrogen-bond acceptors (Lipinski definition) is 3. The first-order chi connectivity index (χ1) is 10.0. The van der Waals surface area contributed by atoms with Crippen molar-refractivity contribution >= 4 is 23.2 Å². The maximum atomic E-state index is 6.23. The van der Waals surface area contributed by atoms with Gasteiger partial charge in [-0.15, -0.1) is 0 Å². The van der Waals surface area contributed by atoms with Crippen molar-refractivity contribution in [1.29, 1.82) is 0 Å². The van der Waals surface area contributed by atoms with Gasteiger partial charge in [-0.1, -0.05) is 37.0 Å². The van der Waals surface area contributed by atoms with Gasteiger partial charge in [0, 0.05) is 35.6 Å². The molecule has 1 aliphatic heterocycles. The number of ether oxygens (including phenoxy) is 1. The van der Waals surface area contributed by atoms with Crippen LogP contribution in [-0.4, -0.2) is 37.2 Å². The van der Waals surface area contributed by atoms with E-state index in [2.05, 4.69) is 31.0 Å². The summed E-state index contributed by atoms with van der Waals surface area (Å²) >= 11 is 12.4. The molecule has 5 heteroatoms. The third-order valence-corrected chi connectivity index (χ3v) is 4.48.